The van der Waals surface area contributed by atoms with E-state index in [0.29, 0.717) is 0 Å². The summed E-state index contributed by atoms with van der Waals surface area (Å²) in [5.74, 6) is 0. The summed E-state index contributed by atoms with van der Waals surface area (Å²) in [5.41, 5.74) is 7.33. The van der Waals surface area contributed by atoms with Crippen molar-refractivity contribution in [1.29, 1.82) is 0 Å². The van der Waals surface area contributed by atoms with Gasteiger partial charge in [0.05, 0.1) is 33.4 Å². The maximum Gasteiger partial charge on any atom is 0.0641 e. The zero-order valence-electron chi connectivity index (χ0n) is 21.8. The van der Waals surface area contributed by atoms with E-state index in [-0.39, 0.29) is 0 Å². The Hall–Kier alpha value is -5.34. The first-order chi connectivity index (χ1) is 19.9. The molecular formula is C38H24N2. The van der Waals surface area contributed by atoms with E-state index in [4.69, 9.17) is 0 Å². The quantitative estimate of drug-likeness (QED) is 0.220. The van der Waals surface area contributed by atoms with Crippen molar-refractivity contribution in [1.82, 2.24) is 9.13 Å². The lowest BCUT2D eigenvalue weighted by Gasteiger charge is -2.13. The van der Waals surface area contributed by atoms with Gasteiger partial charge in [0.15, 0.2) is 0 Å². The molecule has 0 spiro atoms. The van der Waals surface area contributed by atoms with Crippen molar-refractivity contribution >= 4 is 65.2 Å². The molecule has 9 aromatic rings. The molecule has 2 nitrogen and oxygen atoms in total. The fraction of sp³-hybridized carbons (Fsp3) is 0. The fourth-order valence-electron chi connectivity index (χ4n) is 6.82. The van der Waals surface area contributed by atoms with Gasteiger partial charge < -0.3 is 9.13 Å². The van der Waals surface area contributed by atoms with Gasteiger partial charge in [-0.15, -0.1) is 0 Å². The predicted octanol–water partition coefficient (Wildman–Crippen LogP) is 10.2. The normalized spacial score (nSPS) is 12.0. The van der Waals surface area contributed by atoms with Crippen LogP contribution in [-0.4, -0.2) is 9.13 Å². The third-order valence-electron chi connectivity index (χ3n) is 8.48. The van der Waals surface area contributed by atoms with Gasteiger partial charge in [0.2, 0.25) is 0 Å². The molecule has 0 aliphatic rings. The Bertz CT molecular complexity index is 2430. The van der Waals surface area contributed by atoms with Crippen LogP contribution < -0.4 is 0 Å². The topological polar surface area (TPSA) is 9.86 Å². The zero-order valence-corrected chi connectivity index (χ0v) is 21.8. The van der Waals surface area contributed by atoms with Gasteiger partial charge >= 0.3 is 0 Å². The van der Waals surface area contributed by atoms with Crippen molar-refractivity contribution in [3.05, 3.63) is 146 Å². The second-order valence-corrected chi connectivity index (χ2v) is 10.6. The van der Waals surface area contributed by atoms with E-state index in [0.717, 1.165) is 0 Å². The molecule has 2 aromatic heterocycles. The van der Waals surface area contributed by atoms with Gasteiger partial charge in [0.25, 0.3) is 0 Å². The van der Waals surface area contributed by atoms with Gasteiger partial charge in [-0.1, -0.05) is 115 Å². The molecule has 0 aliphatic heterocycles. The lowest BCUT2D eigenvalue weighted by molar-refractivity contribution is 1.19. The molecule has 0 saturated carbocycles. The third kappa shape index (κ3) is 2.82. The Kier molecular flexibility index (Phi) is 4.36. The Balaban J connectivity index is 1.54. The highest BCUT2D eigenvalue weighted by atomic mass is 15.0. The molecule has 7 aromatic carbocycles. The number of hydrogen-bond donors (Lipinski definition) is 0. The highest BCUT2D eigenvalue weighted by Crippen LogP contribution is 2.43. The summed E-state index contributed by atoms with van der Waals surface area (Å²) in [4.78, 5) is 0. The number of fused-ring (bicyclic) bond motifs is 9. The number of para-hydroxylation sites is 2. The summed E-state index contributed by atoms with van der Waals surface area (Å²) >= 11 is 0. The van der Waals surface area contributed by atoms with Gasteiger partial charge in [0, 0.05) is 32.3 Å². The van der Waals surface area contributed by atoms with E-state index in [9.17, 15) is 0 Å². The molecular weight excluding hydrogens is 484 g/mol. The molecule has 2 heterocycles. The molecule has 9 rings (SSSR count). The second-order valence-electron chi connectivity index (χ2n) is 10.6. The first kappa shape index (κ1) is 21.6. The van der Waals surface area contributed by atoms with Gasteiger partial charge in [-0.25, -0.2) is 0 Å². The van der Waals surface area contributed by atoms with Gasteiger partial charge in [-0.3, -0.25) is 0 Å². The Morgan fingerprint density at radius 2 is 0.800 bits per heavy atom. The van der Waals surface area contributed by atoms with Crippen LogP contribution in [0.1, 0.15) is 0 Å². The molecule has 40 heavy (non-hydrogen) atoms. The number of aromatic nitrogens is 2. The van der Waals surface area contributed by atoms with Crippen molar-refractivity contribution in [2.24, 2.45) is 0 Å². The van der Waals surface area contributed by atoms with Crippen LogP contribution in [0, 0.1) is 0 Å². The summed E-state index contributed by atoms with van der Waals surface area (Å²) in [6, 6.07) is 53.0. The van der Waals surface area contributed by atoms with E-state index in [1.807, 2.05) is 0 Å². The van der Waals surface area contributed by atoms with Crippen LogP contribution in [0.4, 0.5) is 0 Å². The minimum absolute atomic E-state index is 1.21. The SMILES string of the molecule is c1ccc2c(-n3c4ccccc4c4c3ccc3c5ccccc5n(-c5cccc6ccccc56)c34)cccc2c1. The van der Waals surface area contributed by atoms with Gasteiger partial charge in [0.1, 0.15) is 0 Å². The lowest BCUT2D eigenvalue weighted by atomic mass is 10.1. The van der Waals surface area contributed by atoms with E-state index in [1.54, 1.807) is 0 Å². The van der Waals surface area contributed by atoms with E-state index < -0.39 is 0 Å². The number of rotatable bonds is 2. The van der Waals surface area contributed by atoms with Crippen molar-refractivity contribution in [2.75, 3.05) is 0 Å². The van der Waals surface area contributed by atoms with Crippen LogP contribution in [-0.2, 0) is 0 Å². The Morgan fingerprint density at radius 3 is 1.48 bits per heavy atom. The summed E-state index contributed by atoms with van der Waals surface area (Å²) < 4.78 is 4.95. The first-order valence-electron chi connectivity index (χ1n) is 13.8. The molecule has 0 aliphatic carbocycles. The molecule has 0 amide bonds. The Morgan fingerprint density at radius 1 is 0.300 bits per heavy atom. The molecule has 0 atom stereocenters. The highest BCUT2D eigenvalue weighted by Gasteiger charge is 2.21. The highest BCUT2D eigenvalue weighted by molar-refractivity contribution is 6.26. The van der Waals surface area contributed by atoms with Crippen LogP contribution in [0.3, 0.4) is 0 Å². The van der Waals surface area contributed by atoms with E-state index in [1.165, 1.54) is 76.5 Å². The monoisotopic (exact) mass is 508 g/mol. The summed E-state index contributed by atoms with van der Waals surface area (Å²) in [6.07, 6.45) is 0. The minimum Gasteiger partial charge on any atom is -0.309 e. The van der Waals surface area contributed by atoms with Crippen LogP contribution in [0.2, 0.25) is 0 Å². The van der Waals surface area contributed by atoms with Gasteiger partial charge in [-0.05, 0) is 41.1 Å². The molecule has 0 saturated heterocycles. The van der Waals surface area contributed by atoms with Crippen LogP contribution in [0.25, 0.3) is 76.5 Å². The maximum absolute atomic E-state index is 2.50. The van der Waals surface area contributed by atoms with Crippen molar-refractivity contribution in [2.45, 2.75) is 0 Å². The molecule has 0 radical (unpaired) electrons. The average molecular weight is 509 g/mol. The van der Waals surface area contributed by atoms with Crippen molar-refractivity contribution in [3.63, 3.8) is 0 Å². The first-order valence-corrected chi connectivity index (χ1v) is 13.8. The molecule has 186 valence electrons. The van der Waals surface area contributed by atoms with Crippen LogP contribution >= 0.6 is 0 Å². The molecule has 0 N–H and O–H groups in total. The van der Waals surface area contributed by atoms with Crippen LogP contribution in [0.15, 0.2) is 146 Å². The summed E-state index contributed by atoms with van der Waals surface area (Å²) in [5, 5.41) is 10.1. The number of hydrogen-bond acceptors (Lipinski definition) is 0. The maximum atomic E-state index is 2.50. The smallest absolute Gasteiger partial charge is 0.0641 e. The standard InChI is InChI=1S/C38H24N2/c1-3-15-27-25(11-1)13-9-21-32(27)39-35-20-8-6-18-31(35)37-36(39)24-23-30-29-17-5-7-19-34(29)40(38(30)37)33-22-10-14-26-12-2-4-16-28(26)33/h1-24H. The molecule has 0 unspecified atom stereocenters. The number of benzene rings is 7. The summed E-state index contributed by atoms with van der Waals surface area (Å²) in [6.45, 7) is 0. The lowest BCUT2D eigenvalue weighted by Crippen LogP contribution is -1.97. The number of nitrogens with zero attached hydrogens (tertiary/aromatic N) is 2. The largest absolute Gasteiger partial charge is 0.309 e. The molecule has 0 fully saturated rings. The van der Waals surface area contributed by atoms with Crippen LogP contribution in [0.5, 0.6) is 0 Å². The predicted molar refractivity (Wildman–Crippen MR) is 170 cm³/mol. The van der Waals surface area contributed by atoms with Gasteiger partial charge in [-0.2, -0.15) is 0 Å². The van der Waals surface area contributed by atoms with E-state index in [2.05, 4.69) is 155 Å². The zero-order chi connectivity index (χ0) is 26.2. The minimum atomic E-state index is 1.21. The van der Waals surface area contributed by atoms with E-state index >= 15 is 0 Å². The van der Waals surface area contributed by atoms with Crippen molar-refractivity contribution < 1.29 is 0 Å². The fourth-order valence-corrected chi connectivity index (χ4v) is 6.82. The Labute approximate surface area is 230 Å². The van der Waals surface area contributed by atoms with Crippen molar-refractivity contribution in [3.8, 4) is 11.4 Å². The average Bonchev–Trinajstić information content (AvgIpc) is 3.53. The molecule has 0 bridgehead atoms. The third-order valence-corrected chi connectivity index (χ3v) is 8.48. The summed E-state index contributed by atoms with van der Waals surface area (Å²) in [7, 11) is 0. The molecule has 2 heteroatoms. The second kappa shape index (κ2) is 8.08.